The molecule has 0 unspecified atom stereocenters. The van der Waals surface area contributed by atoms with Crippen LogP contribution < -0.4 is 5.73 Å². The maximum absolute atomic E-state index is 10.2. The summed E-state index contributed by atoms with van der Waals surface area (Å²) in [4.78, 5) is 4.34. The molecule has 1 aliphatic rings. The first-order valence-electron chi connectivity index (χ1n) is 8.49. The molecule has 2 aromatic heterocycles. The highest BCUT2D eigenvalue weighted by molar-refractivity contribution is 5.85. The number of nitrogens with two attached hydrogens (primary N) is 1. The second-order valence-electron chi connectivity index (χ2n) is 6.99. The van der Waals surface area contributed by atoms with E-state index in [1.807, 2.05) is 12.1 Å². The molecule has 138 valence electrons. The number of hydrogen-bond acceptors (Lipinski definition) is 6. The molecule has 0 saturated heterocycles. The van der Waals surface area contributed by atoms with Crippen LogP contribution in [0.4, 0.5) is 0 Å². The minimum atomic E-state index is -0.507. The largest absolute Gasteiger partial charge is 0.504 e. The van der Waals surface area contributed by atoms with E-state index in [1.165, 1.54) is 11.8 Å². The van der Waals surface area contributed by atoms with Crippen LogP contribution in [0.3, 0.4) is 0 Å². The first-order valence-corrected chi connectivity index (χ1v) is 8.49. The highest BCUT2D eigenvalue weighted by Crippen LogP contribution is 2.38. The summed E-state index contributed by atoms with van der Waals surface area (Å²) in [5, 5.41) is 18.6. The molecular weight excluding hydrogens is 354 g/mol. The van der Waals surface area contributed by atoms with E-state index in [2.05, 4.69) is 41.2 Å². The van der Waals surface area contributed by atoms with Gasteiger partial charge in [0.1, 0.15) is 0 Å². The Labute approximate surface area is 157 Å². The third-order valence-electron chi connectivity index (χ3n) is 4.84. The van der Waals surface area contributed by atoms with E-state index in [1.54, 1.807) is 4.68 Å². The van der Waals surface area contributed by atoms with Gasteiger partial charge in [0.05, 0.1) is 17.4 Å². The van der Waals surface area contributed by atoms with Gasteiger partial charge in [-0.15, -0.1) is 12.4 Å². The molecule has 0 amide bonds. The predicted molar refractivity (Wildman–Crippen MR) is 99.6 cm³/mol. The molecule has 3 N–H and O–H groups in total. The second kappa shape index (κ2) is 6.74. The fourth-order valence-electron chi connectivity index (χ4n) is 2.96. The van der Waals surface area contributed by atoms with Gasteiger partial charge < -0.3 is 15.4 Å². The normalized spacial score (nSPS) is 15.5. The average Bonchev–Trinajstić information content (AvgIpc) is 3.19. The van der Waals surface area contributed by atoms with Gasteiger partial charge in [0.2, 0.25) is 0 Å². The van der Waals surface area contributed by atoms with Crippen LogP contribution in [0.1, 0.15) is 50.4 Å². The van der Waals surface area contributed by atoms with E-state index in [0.717, 1.165) is 24.9 Å². The van der Waals surface area contributed by atoms with Gasteiger partial charge in [-0.3, -0.25) is 0 Å². The molecule has 0 bridgehead atoms. The van der Waals surface area contributed by atoms with Crippen LogP contribution in [-0.4, -0.2) is 25.0 Å². The molecule has 1 aliphatic carbocycles. The zero-order valence-electron chi connectivity index (χ0n) is 14.7. The Morgan fingerprint density at radius 2 is 1.92 bits per heavy atom. The number of benzene rings is 1. The summed E-state index contributed by atoms with van der Waals surface area (Å²) in [6.07, 6.45) is 4.28. The molecule has 0 atom stereocenters. The lowest BCUT2D eigenvalue weighted by atomic mass is 9.77. The molecule has 26 heavy (non-hydrogen) atoms. The average molecular weight is 376 g/mol. The van der Waals surface area contributed by atoms with Crippen molar-refractivity contribution in [2.75, 3.05) is 0 Å². The second-order valence-corrected chi connectivity index (χ2v) is 6.99. The van der Waals surface area contributed by atoms with Crippen molar-refractivity contribution < 1.29 is 9.63 Å². The highest BCUT2D eigenvalue weighted by Gasteiger charge is 2.39. The van der Waals surface area contributed by atoms with Crippen molar-refractivity contribution in [1.29, 1.82) is 0 Å². The van der Waals surface area contributed by atoms with Gasteiger partial charge in [0.15, 0.2) is 17.3 Å². The van der Waals surface area contributed by atoms with Gasteiger partial charge in [-0.2, -0.15) is 10.1 Å². The number of halogens is 1. The van der Waals surface area contributed by atoms with Gasteiger partial charge in [-0.05, 0) is 42.9 Å². The number of aromatic nitrogens is 4. The van der Waals surface area contributed by atoms with Gasteiger partial charge in [-0.25, -0.2) is 4.68 Å². The molecule has 2 heterocycles. The van der Waals surface area contributed by atoms with Crippen LogP contribution in [0, 0.1) is 0 Å². The molecule has 7 nitrogen and oxygen atoms in total. The maximum Gasteiger partial charge on any atom is 0.282 e. The summed E-state index contributed by atoms with van der Waals surface area (Å²) in [6.45, 7) is 4.29. The molecule has 0 spiro atoms. The van der Waals surface area contributed by atoms with E-state index in [4.69, 9.17) is 10.3 Å². The summed E-state index contributed by atoms with van der Waals surface area (Å²) in [5.74, 6) is 1.11. The fraction of sp³-hybridized carbons (Fsp3) is 0.389. The minimum Gasteiger partial charge on any atom is -0.504 e. The van der Waals surface area contributed by atoms with Crippen molar-refractivity contribution in [3.8, 4) is 23.0 Å². The highest BCUT2D eigenvalue weighted by atomic mass is 35.5. The molecular formula is C18H22ClN5O2. The Morgan fingerprint density at radius 1 is 1.23 bits per heavy atom. The molecule has 0 radical (unpaired) electrons. The van der Waals surface area contributed by atoms with Gasteiger partial charge in [0.25, 0.3) is 5.89 Å². The Bertz CT molecular complexity index is 897. The number of aromatic hydroxyl groups is 1. The molecule has 0 aliphatic heterocycles. The Morgan fingerprint density at radius 3 is 2.50 bits per heavy atom. The van der Waals surface area contributed by atoms with Crippen molar-refractivity contribution in [3.05, 3.63) is 41.9 Å². The zero-order chi connectivity index (χ0) is 17.6. The number of hydrogen-bond donors (Lipinski definition) is 2. The van der Waals surface area contributed by atoms with E-state index < -0.39 is 5.54 Å². The molecule has 1 saturated carbocycles. The predicted octanol–water partition coefficient (Wildman–Crippen LogP) is 3.51. The van der Waals surface area contributed by atoms with Crippen molar-refractivity contribution in [2.24, 2.45) is 5.73 Å². The lowest BCUT2D eigenvalue weighted by Crippen LogP contribution is -2.44. The van der Waals surface area contributed by atoms with Crippen LogP contribution in [0.15, 0.2) is 35.0 Å². The fourth-order valence-corrected chi connectivity index (χ4v) is 2.96. The molecule has 8 heteroatoms. The lowest BCUT2D eigenvalue weighted by molar-refractivity contribution is 0.229. The van der Waals surface area contributed by atoms with Crippen LogP contribution in [0.25, 0.3) is 17.3 Å². The van der Waals surface area contributed by atoms with Gasteiger partial charge >= 0.3 is 0 Å². The quantitative estimate of drug-likeness (QED) is 0.723. The maximum atomic E-state index is 10.2. The summed E-state index contributed by atoms with van der Waals surface area (Å²) >= 11 is 0. The first-order chi connectivity index (χ1) is 12.0. The monoisotopic (exact) mass is 375 g/mol. The molecule has 3 aromatic rings. The molecule has 1 aromatic carbocycles. The van der Waals surface area contributed by atoms with E-state index in [9.17, 15) is 5.11 Å². The Balaban J connectivity index is 0.00000196. The zero-order valence-corrected chi connectivity index (χ0v) is 15.5. The van der Waals surface area contributed by atoms with E-state index >= 15 is 0 Å². The SMILES string of the molecule is CC(C)c1ccc(-n2cc(O)c(-c3nc(C4(N)CCC4)no3)n2)cc1.Cl. The summed E-state index contributed by atoms with van der Waals surface area (Å²) in [7, 11) is 0. The van der Waals surface area contributed by atoms with E-state index in [0.29, 0.717) is 11.7 Å². The summed E-state index contributed by atoms with van der Waals surface area (Å²) < 4.78 is 6.87. The lowest BCUT2D eigenvalue weighted by Gasteiger charge is -2.34. The van der Waals surface area contributed by atoms with E-state index in [-0.39, 0.29) is 29.7 Å². The third-order valence-corrected chi connectivity index (χ3v) is 4.84. The topological polar surface area (TPSA) is 103 Å². The van der Waals surface area contributed by atoms with Crippen LogP contribution in [0.5, 0.6) is 5.75 Å². The van der Waals surface area contributed by atoms with Gasteiger partial charge in [0, 0.05) is 0 Å². The first kappa shape index (κ1) is 18.4. The van der Waals surface area contributed by atoms with Crippen LogP contribution in [-0.2, 0) is 5.54 Å². The smallest absolute Gasteiger partial charge is 0.282 e. The standard InChI is InChI=1S/C18H21N5O2.ClH/c1-11(2)12-4-6-13(7-5-12)23-10-14(24)15(21-23)16-20-17(22-25-16)18(19)8-3-9-18;/h4-7,10-11,24H,3,8-9,19H2,1-2H3;1H. The number of nitrogens with zero attached hydrogens (tertiary/aromatic N) is 4. The number of rotatable bonds is 4. The van der Waals surface area contributed by atoms with Crippen molar-refractivity contribution >= 4 is 12.4 Å². The summed E-state index contributed by atoms with van der Waals surface area (Å²) in [5.41, 5.74) is 8.06. The van der Waals surface area contributed by atoms with Crippen molar-refractivity contribution in [2.45, 2.75) is 44.6 Å². The van der Waals surface area contributed by atoms with Gasteiger partial charge in [-0.1, -0.05) is 31.1 Å². The van der Waals surface area contributed by atoms with Crippen LogP contribution >= 0.6 is 12.4 Å². The summed E-state index contributed by atoms with van der Waals surface area (Å²) in [6, 6.07) is 8.04. The Kier molecular flexibility index (Phi) is 4.77. The van der Waals surface area contributed by atoms with Crippen molar-refractivity contribution in [1.82, 2.24) is 19.9 Å². The van der Waals surface area contributed by atoms with Crippen molar-refractivity contribution in [3.63, 3.8) is 0 Å². The third kappa shape index (κ3) is 3.08. The van der Waals surface area contributed by atoms with Crippen LogP contribution in [0.2, 0.25) is 0 Å². The molecule has 4 rings (SSSR count). The molecule has 1 fully saturated rings. The minimum absolute atomic E-state index is 0. The Hall–Kier alpha value is -2.38.